The number of aliphatic carboxylic acids is 2. The summed E-state index contributed by atoms with van der Waals surface area (Å²) in [6, 6.07) is 0.562. The molecule has 10 nitrogen and oxygen atoms in total. The SMILES string of the molecule is COCCOCCC(CCOCCOC)(C(=O)[O-])C(=O)[O-].N[C@@H]1CCCC[C@H]1N.[Pt+2]. The number of rotatable bonds is 14. The molecule has 1 saturated carbocycles. The molecule has 1 aliphatic carbocycles. The Morgan fingerprint density at radius 2 is 1.17 bits per heavy atom. The first-order valence-corrected chi connectivity index (χ1v) is 9.89. The molecule has 0 saturated heterocycles. The number of carbonyl (C=O) groups is 2. The molecule has 11 heteroatoms. The Hall–Kier alpha value is -0.612. The van der Waals surface area contributed by atoms with Gasteiger partial charge in [-0.15, -0.1) is 0 Å². The van der Waals surface area contributed by atoms with E-state index in [0.29, 0.717) is 13.2 Å². The molecule has 1 rings (SSSR count). The third-order valence-corrected chi connectivity index (χ3v) is 4.87. The molecule has 0 radical (unpaired) electrons. The summed E-state index contributed by atoms with van der Waals surface area (Å²) in [5.74, 6) is -3.40. The van der Waals surface area contributed by atoms with Gasteiger partial charge in [0.15, 0.2) is 0 Å². The molecule has 0 bridgehead atoms. The quantitative estimate of drug-likeness (QED) is 0.161. The monoisotopic (exact) mass is 615 g/mol. The van der Waals surface area contributed by atoms with Crippen molar-refractivity contribution >= 4 is 11.9 Å². The summed E-state index contributed by atoms with van der Waals surface area (Å²) >= 11 is 0. The molecule has 2 atom stereocenters. The molecule has 1 fully saturated rings. The Morgan fingerprint density at radius 3 is 1.43 bits per heavy atom. The fourth-order valence-electron chi connectivity index (χ4n) is 2.79. The van der Waals surface area contributed by atoms with Gasteiger partial charge in [0.05, 0.1) is 43.8 Å². The Morgan fingerprint density at radius 1 is 0.800 bits per heavy atom. The van der Waals surface area contributed by atoms with Gasteiger partial charge in [-0.2, -0.15) is 0 Å². The topological polar surface area (TPSA) is 169 Å². The van der Waals surface area contributed by atoms with Crippen molar-refractivity contribution in [1.29, 1.82) is 0 Å². The molecule has 4 N–H and O–H groups in total. The Bertz CT molecular complexity index is 416. The van der Waals surface area contributed by atoms with E-state index in [1.54, 1.807) is 0 Å². The minimum atomic E-state index is -2.12. The summed E-state index contributed by atoms with van der Waals surface area (Å²) in [4.78, 5) is 22.4. The van der Waals surface area contributed by atoms with E-state index in [2.05, 4.69) is 0 Å². The molecule has 0 unspecified atom stereocenters. The van der Waals surface area contributed by atoms with Crippen molar-refractivity contribution in [3.8, 4) is 0 Å². The zero-order chi connectivity index (χ0) is 22.1. The smallest absolute Gasteiger partial charge is 0.549 e. The molecule has 0 aromatic heterocycles. The van der Waals surface area contributed by atoms with E-state index in [4.69, 9.17) is 30.4 Å². The molecular formula is C19H36N2O8Pt. The Balaban J connectivity index is 0. The van der Waals surface area contributed by atoms with E-state index in [1.165, 1.54) is 27.1 Å². The number of carbonyl (C=O) groups excluding carboxylic acids is 2. The van der Waals surface area contributed by atoms with E-state index in [-0.39, 0.29) is 72.4 Å². The predicted octanol–water partition coefficient (Wildman–Crippen LogP) is -2.21. The summed E-state index contributed by atoms with van der Waals surface area (Å²) in [6.45, 7) is 1.06. The minimum absolute atomic E-state index is 0. The number of ether oxygens (including phenoxy) is 4. The molecular weight excluding hydrogens is 579 g/mol. The van der Waals surface area contributed by atoms with Crippen molar-refractivity contribution in [3.05, 3.63) is 0 Å². The van der Waals surface area contributed by atoms with E-state index >= 15 is 0 Å². The molecule has 0 aromatic carbocycles. The Labute approximate surface area is 193 Å². The standard InChI is InChI=1S/C13H24O8.C6H14N2.Pt/c1-18-7-9-20-5-3-13(11(14)15,12(16)17)4-6-21-10-8-19-2;7-5-3-1-2-4-6(5)8;/h3-10H2,1-2H3,(H,14,15)(H,16,17);5-6H,1-4,7-8H2;/q;;+2/p-2/t;5-,6-;/m.1./s1. The van der Waals surface area contributed by atoms with E-state index in [9.17, 15) is 19.8 Å². The molecule has 30 heavy (non-hydrogen) atoms. The van der Waals surface area contributed by atoms with Crippen molar-refractivity contribution in [1.82, 2.24) is 0 Å². The number of carboxylic acid groups (broad SMARTS) is 2. The maximum atomic E-state index is 11.2. The van der Waals surface area contributed by atoms with Crippen molar-refractivity contribution in [3.63, 3.8) is 0 Å². The van der Waals surface area contributed by atoms with Crippen molar-refractivity contribution in [2.24, 2.45) is 16.9 Å². The normalized spacial score (nSPS) is 18.7. The molecule has 0 spiro atoms. The van der Waals surface area contributed by atoms with Gasteiger partial charge in [0, 0.05) is 39.5 Å². The first-order valence-electron chi connectivity index (χ1n) is 9.89. The van der Waals surface area contributed by atoms with Crippen LogP contribution in [0.25, 0.3) is 0 Å². The summed E-state index contributed by atoms with van der Waals surface area (Å²) in [6.07, 6.45) is 4.29. The fraction of sp³-hybridized carbons (Fsp3) is 0.895. The number of carboxylic acids is 2. The van der Waals surface area contributed by atoms with Crippen LogP contribution in [-0.4, -0.2) is 77.9 Å². The zero-order valence-electron chi connectivity index (χ0n) is 17.9. The van der Waals surface area contributed by atoms with Crippen LogP contribution in [0.2, 0.25) is 0 Å². The molecule has 0 heterocycles. The van der Waals surface area contributed by atoms with Gasteiger partial charge in [0.25, 0.3) is 0 Å². The molecule has 1 aliphatic rings. The molecule has 0 amide bonds. The largest absolute Gasteiger partial charge is 2.00 e. The molecule has 0 aromatic rings. The molecule has 180 valence electrons. The van der Waals surface area contributed by atoms with Crippen LogP contribution in [0.3, 0.4) is 0 Å². The van der Waals surface area contributed by atoms with Crippen LogP contribution in [0.1, 0.15) is 38.5 Å². The maximum Gasteiger partial charge on any atom is 2.00 e. The van der Waals surface area contributed by atoms with Gasteiger partial charge in [0.2, 0.25) is 0 Å². The predicted molar refractivity (Wildman–Crippen MR) is 101 cm³/mol. The Kier molecular flexibility index (Phi) is 20.1. The first-order chi connectivity index (χ1) is 13.8. The zero-order valence-corrected chi connectivity index (χ0v) is 20.1. The van der Waals surface area contributed by atoms with Crippen LogP contribution in [0.5, 0.6) is 0 Å². The third-order valence-electron chi connectivity index (χ3n) is 4.87. The second-order valence-electron chi connectivity index (χ2n) is 6.98. The van der Waals surface area contributed by atoms with Crippen LogP contribution in [-0.2, 0) is 49.6 Å². The van der Waals surface area contributed by atoms with Crippen LogP contribution < -0.4 is 21.7 Å². The summed E-state index contributed by atoms with van der Waals surface area (Å²) in [5.41, 5.74) is 9.18. The summed E-state index contributed by atoms with van der Waals surface area (Å²) < 4.78 is 19.7. The van der Waals surface area contributed by atoms with Gasteiger partial charge in [-0.1, -0.05) is 12.8 Å². The van der Waals surface area contributed by atoms with Crippen molar-refractivity contribution < 1.29 is 59.8 Å². The average Bonchev–Trinajstić information content (AvgIpc) is 2.68. The van der Waals surface area contributed by atoms with Gasteiger partial charge in [0.1, 0.15) is 0 Å². The van der Waals surface area contributed by atoms with Crippen LogP contribution in [0.15, 0.2) is 0 Å². The van der Waals surface area contributed by atoms with Gasteiger partial charge in [-0.25, -0.2) is 0 Å². The minimum Gasteiger partial charge on any atom is -0.549 e. The first kappa shape index (κ1) is 31.6. The van der Waals surface area contributed by atoms with E-state index in [0.717, 1.165) is 12.8 Å². The second-order valence-corrected chi connectivity index (χ2v) is 6.98. The van der Waals surface area contributed by atoms with Crippen LogP contribution in [0, 0.1) is 5.41 Å². The van der Waals surface area contributed by atoms with Crippen LogP contribution in [0.4, 0.5) is 0 Å². The van der Waals surface area contributed by atoms with Gasteiger partial charge in [-0.05, 0) is 25.7 Å². The van der Waals surface area contributed by atoms with E-state index < -0.39 is 17.4 Å². The second kappa shape index (κ2) is 19.1. The van der Waals surface area contributed by atoms with Gasteiger partial charge in [-0.3, -0.25) is 0 Å². The summed E-state index contributed by atoms with van der Waals surface area (Å²) in [5, 5.41) is 22.4. The maximum absolute atomic E-state index is 11.2. The van der Waals surface area contributed by atoms with Gasteiger partial charge >= 0.3 is 21.1 Å². The van der Waals surface area contributed by atoms with Gasteiger partial charge < -0.3 is 50.2 Å². The molecule has 0 aliphatic heterocycles. The van der Waals surface area contributed by atoms with Crippen LogP contribution >= 0.6 is 0 Å². The van der Waals surface area contributed by atoms with Crippen molar-refractivity contribution in [2.45, 2.75) is 50.6 Å². The summed E-state index contributed by atoms with van der Waals surface area (Å²) in [7, 11) is 2.99. The fourth-order valence-corrected chi connectivity index (χ4v) is 2.79. The number of hydrogen-bond donors (Lipinski definition) is 2. The third kappa shape index (κ3) is 12.9. The number of methoxy groups -OCH3 is 2. The average molecular weight is 616 g/mol. The van der Waals surface area contributed by atoms with E-state index in [1.807, 2.05) is 0 Å². The number of hydrogen-bond acceptors (Lipinski definition) is 10. The number of nitrogens with two attached hydrogens (primary N) is 2. The van der Waals surface area contributed by atoms with Crippen molar-refractivity contribution in [2.75, 3.05) is 53.9 Å².